The van der Waals surface area contributed by atoms with Crippen LogP contribution < -0.4 is 4.90 Å². The van der Waals surface area contributed by atoms with E-state index in [-0.39, 0.29) is 12.5 Å². The zero-order chi connectivity index (χ0) is 26.4. The van der Waals surface area contributed by atoms with Crippen LogP contribution in [0.1, 0.15) is 21.5 Å². The van der Waals surface area contributed by atoms with Gasteiger partial charge in [-0.05, 0) is 36.4 Å². The molecule has 1 aliphatic rings. The van der Waals surface area contributed by atoms with Gasteiger partial charge in [0.05, 0.1) is 11.8 Å². The van der Waals surface area contributed by atoms with E-state index in [9.17, 15) is 22.8 Å². The van der Waals surface area contributed by atoms with Gasteiger partial charge in [0.25, 0.3) is 5.91 Å². The number of nitrogens with zero attached hydrogens (tertiary/aromatic N) is 5. The fraction of sp³-hybridized carbons (Fsp3) is 0.231. The van der Waals surface area contributed by atoms with Crippen LogP contribution >= 0.6 is 11.6 Å². The zero-order valence-corrected chi connectivity index (χ0v) is 20.4. The number of anilines is 1. The van der Waals surface area contributed by atoms with Crippen LogP contribution in [0.15, 0.2) is 78.2 Å². The van der Waals surface area contributed by atoms with Crippen LogP contribution in [-0.4, -0.2) is 65.6 Å². The molecule has 4 rings (SSSR count). The Morgan fingerprint density at radius 1 is 1.00 bits per heavy atom. The minimum Gasteiger partial charge on any atom is -0.368 e. The lowest BCUT2D eigenvalue weighted by molar-refractivity contribution is -0.137. The molecule has 2 heterocycles. The normalized spacial score (nSPS) is 14.2. The molecule has 2 amide bonds. The van der Waals surface area contributed by atoms with Crippen LogP contribution in [0.3, 0.4) is 0 Å². The summed E-state index contributed by atoms with van der Waals surface area (Å²) in [5.41, 5.74) is 0.623. The minimum atomic E-state index is -4.43. The third-order valence-electron chi connectivity index (χ3n) is 5.86. The molecule has 1 saturated heterocycles. The number of hydrazone groups is 1. The van der Waals surface area contributed by atoms with E-state index in [2.05, 4.69) is 10.1 Å². The summed E-state index contributed by atoms with van der Waals surface area (Å²) in [5.74, 6) is -0.816. The van der Waals surface area contributed by atoms with E-state index >= 15 is 0 Å². The lowest BCUT2D eigenvalue weighted by Crippen LogP contribution is -2.51. The van der Waals surface area contributed by atoms with E-state index in [0.717, 1.165) is 17.1 Å². The highest BCUT2D eigenvalue weighted by Crippen LogP contribution is 2.32. The summed E-state index contributed by atoms with van der Waals surface area (Å²) in [6, 6.07) is 15.1. The van der Waals surface area contributed by atoms with Gasteiger partial charge in [0.1, 0.15) is 6.54 Å². The number of aromatic nitrogens is 1. The summed E-state index contributed by atoms with van der Waals surface area (Å²) in [7, 11) is 0. The number of carbonyl (C=O) groups is 2. The highest BCUT2D eigenvalue weighted by molar-refractivity contribution is 6.33. The van der Waals surface area contributed by atoms with Crippen molar-refractivity contribution in [2.75, 3.05) is 37.6 Å². The van der Waals surface area contributed by atoms with E-state index < -0.39 is 17.6 Å². The number of benzene rings is 2. The molecule has 0 bridgehead atoms. The fourth-order valence-corrected chi connectivity index (χ4v) is 4.03. The van der Waals surface area contributed by atoms with Crippen LogP contribution in [0, 0.1) is 0 Å². The number of amides is 2. The highest BCUT2D eigenvalue weighted by atomic mass is 35.5. The minimum absolute atomic E-state index is 0.292. The topological polar surface area (TPSA) is 69.1 Å². The first kappa shape index (κ1) is 26.2. The quantitative estimate of drug-likeness (QED) is 0.346. The molecule has 1 aliphatic heterocycles. The molecule has 1 fully saturated rings. The van der Waals surface area contributed by atoms with Crippen LogP contribution in [0.5, 0.6) is 0 Å². The Hall–Kier alpha value is -3.92. The molecule has 0 spiro atoms. The predicted octanol–water partition coefficient (Wildman–Crippen LogP) is 4.58. The van der Waals surface area contributed by atoms with Crippen molar-refractivity contribution in [2.24, 2.45) is 5.10 Å². The molecule has 0 aliphatic carbocycles. The smallest absolute Gasteiger partial charge is 0.368 e. The first-order valence-electron chi connectivity index (χ1n) is 11.4. The van der Waals surface area contributed by atoms with E-state index in [1.54, 1.807) is 40.1 Å². The molecule has 192 valence electrons. The Morgan fingerprint density at radius 2 is 1.70 bits per heavy atom. The van der Waals surface area contributed by atoms with E-state index in [4.69, 9.17) is 11.6 Å². The number of alkyl halides is 3. The summed E-state index contributed by atoms with van der Waals surface area (Å²) >= 11 is 6.19. The summed E-state index contributed by atoms with van der Waals surface area (Å²) in [6.07, 6.45) is -0.0700. The third kappa shape index (κ3) is 6.65. The largest absolute Gasteiger partial charge is 0.416 e. The van der Waals surface area contributed by atoms with Crippen LogP contribution in [0.25, 0.3) is 0 Å². The van der Waals surface area contributed by atoms with Gasteiger partial charge in [-0.15, -0.1) is 0 Å². The van der Waals surface area contributed by atoms with Crippen LogP contribution in [0.4, 0.5) is 18.9 Å². The average Bonchev–Trinajstić information content (AvgIpc) is 2.91. The molecular formula is C26H23ClF3N5O2. The van der Waals surface area contributed by atoms with Crippen molar-refractivity contribution < 1.29 is 22.8 Å². The predicted molar refractivity (Wildman–Crippen MR) is 135 cm³/mol. The number of hydrogen-bond acceptors (Lipinski definition) is 5. The van der Waals surface area contributed by atoms with Gasteiger partial charge in [-0.1, -0.05) is 35.9 Å². The molecule has 1 aromatic heterocycles. The van der Waals surface area contributed by atoms with Gasteiger partial charge in [-0.3, -0.25) is 14.6 Å². The van der Waals surface area contributed by atoms with Gasteiger partial charge in [-0.2, -0.15) is 18.3 Å². The van der Waals surface area contributed by atoms with Crippen molar-refractivity contribution >= 4 is 35.3 Å². The Labute approximate surface area is 216 Å². The van der Waals surface area contributed by atoms with Gasteiger partial charge in [0, 0.05) is 60.4 Å². The number of piperazine rings is 1. The first-order chi connectivity index (χ1) is 17.7. The van der Waals surface area contributed by atoms with Gasteiger partial charge in [0.2, 0.25) is 5.91 Å². The second-order valence-electron chi connectivity index (χ2n) is 8.28. The number of pyridine rings is 1. The Balaban J connectivity index is 1.45. The van der Waals surface area contributed by atoms with Gasteiger partial charge >= 0.3 is 6.18 Å². The van der Waals surface area contributed by atoms with Crippen LogP contribution in [0.2, 0.25) is 5.02 Å². The molecule has 0 saturated carbocycles. The number of halogens is 4. The Bertz CT molecular complexity index is 1280. The number of rotatable bonds is 6. The van der Waals surface area contributed by atoms with Crippen molar-refractivity contribution in [2.45, 2.75) is 6.18 Å². The van der Waals surface area contributed by atoms with Gasteiger partial charge < -0.3 is 9.80 Å². The monoisotopic (exact) mass is 529 g/mol. The maximum absolute atomic E-state index is 13.1. The summed E-state index contributed by atoms with van der Waals surface area (Å²) in [4.78, 5) is 33.5. The number of hydrogen-bond donors (Lipinski definition) is 0. The maximum Gasteiger partial charge on any atom is 0.416 e. The van der Waals surface area contributed by atoms with Gasteiger partial charge in [0.15, 0.2) is 0 Å². The van der Waals surface area contributed by atoms with Gasteiger partial charge in [-0.25, -0.2) is 5.01 Å². The lowest BCUT2D eigenvalue weighted by Gasteiger charge is -2.36. The standard InChI is InChI=1S/C26H23ClF3N5O2/c27-23-7-2-1-4-20(23)17-32-35(25(37)19-8-10-31-11-9-19)18-24(36)34-14-12-33(13-15-34)22-6-3-5-21(16-22)26(28,29)30/h1-11,16-17H,12-15,18H2/b32-17+. The Morgan fingerprint density at radius 3 is 2.38 bits per heavy atom. The molecular weight excluding hydrogens is 507 g/mol. The molecule has 0 N–H and O–H groups in total. The second-order valence-corrected chi connectivity index (χ2v) is 8.69. The molecule has 0 unspecified atom stereocenters. The SMILES string of the molecule is O=C(CN(/N=C/c1ccccc1Cl)C(=O)c1ccncc1)N1CCN(c2cccc(C(F)(F)F)c2)CC1. The molecule has 2 aromatic carbocycles. The van der Waals surface area contributed by atoms with E-state index in [0.29, 0.717) is 48.0 Å². The fourth-order valence-electron chi connectivity index (χ4n) is 3.84. The molecule has 3 aromatic rings. The number of carbonyl (C=O) groups excluding carboxylic acids is 2. The third-order valence-corrected chi connectivity index (χ3v) is 6.20. The van der Waals surface area contributed by atoms with Crippen molar-refractivity contribution in [3.63, 3.8) is 0 Å². The summed E-state index contributed by atoms with van der Waals surface area (Å²) in [6.45, 7) is 0.981. The summed E-state index contributed by atoms with van der Waals surface area (Å²) < 4.78 is 39.2. The van der Waals surface area contributed by atoms with E-state index in [1.807, 2.05) is 0 Å². The molecule has 11 heteroatoms. The Kier molecular flexibility index (Phi) is 8.08. The first-order valence-corrected chi connectivity index (χ1v) is 11.8. The molecule has 0 radical (unpaired) electrons. The van der Waals surface area contributed by atoms with Crippen LogP contribution in [-0.2, 0) is 11.0 Å². The molecule has 37 heavy (non-hydrogen) atoms. The maximum atomic E-state index is 13.1. The second kappa shape index (κ2) is 11.4. The van der Waals surface area contributed by atoms with Crippen molar-refractivity contribution in [3.8, 4) is 0 Å². The van der Waals surface area contributed by atoms with E-state index in [1.165, 1.54) is 36.8 Å². The average molecular weight is 530 g/mol. The van der Waals surface area contributed by atoms with Crippen molar-refractivity contribution in [1.82, 2.24) is 14.9 Å². The van der Waals surface area contributed by atoms with Crippen molar-refractivity contribution in [3.05, 3.63) is 94.8 Å². The van der Waals surface area contributed by atoms with Crippen molar-refractivity contribution in [1.29, 1.82) is 0 Å². The molecule has 7 nitrogen and oxygen atoms in total. The molecule has 0 atom stereocenters. The summed E-state index contributed by atoms with van der Waals surface area (Å²) in [5, 5.41) is 5.76. The highest BCUT2D eigenvalue weighted by Gasteiger charge is 2.31. The zero-order valence-electron chi connectivity index (χ0n) is 19.6. The lowest BCUT2D eigenvalue weighted by atomic mass is 10.1.